The molecule has 0 heterocycles. The third kappa shape index (κ3) is 4.23. The van der Waals surface area contributed by atoms with Crippen molar-refractivity contribution in [2.75, 3.05) is 25.9 Å². The number of ether oxygens (including phenoxy) is 1. The Morgan fingerprint density at radius 3 is 2.35 bits per heavy atom. The van der Waals surface area contributed by atoms with E-state index in [1.807, 2.05) is 0 Å². The third-order valence-corrected chi connectivity index (χ3v) is 5.36. The van der Waals surface area contributed by atoms with Crippen LogP contribution >= 0.6 is 15.9 Å². The van der Waals surface area contributed by atoms with E-state index >= 15 is 0 Å². The van der Waals surface area contributed by atoms with E-state index in [1.54, 1.807) is 26.2 Å². The molecule has 0 unspecified atom stereocenters. The summed E-state index contributed by atoms with van der Waals surface area (Å²) in [6.07, 6.45) is 0. The number of hydrogen-bond donors (Lipinski definition) is 1. The molecular formula is C17H17BrN2O5S. The molecule has 0 spiro atoms. The van der Waals surface area contributed by atoms with Gasteiger partial charge in [0.15, 0.2) is 0 Å². The van der Waals surface area contributed by atoms with Gasteiger partial charge in [0.05, 0.1) is 23.9 Å². The van der Waals surface area contributed by atoms with E-state index in [1.165, 1.54) is 35.2 Å². The summed E-state index contributed by atoms with van der Waals surface area (Å²) in [6, 6.07) is 10.4. The highest BCUT2D eigenvalue weighted by molar-refractivity contribution is 9.10. The number of hydrogen-bond acceptors (Lipinski definition) is 5. The van der Waals surface area contributed by atoms with Crippen molar-refractivity contribution in [1.29, 1.82) is 0 Å². The molecule has 0 aromatic heterocycles. The summed E-state index contributed by atoms with van der Waals surface area (Å²) < 4.78 is 33.2. The fraction of sp³-hybridized carbons (Fsp3) is 0.176. The van der Waals surface area contributed by atoms with Crippen LogP contribution in [-0.4, -0.2) is 46.4 Å². The lowest BCUT2D eigenvalue weighted by Gasteiger charge is -2.16. The molecule has 1 amide bonds. The standard InChI is InChI=1S/C17H17BrN2O5S/c1-20(2)16(21)12-6-4-5-7-14(12)19-26(23,24)15-9-8-11(18)10-13(15)17(22)25-3/h4-10,19H,1-3H3. The summed E-state index contributed by atoms with van der Waals surface area (Å²) in [5, 5.41) is 0. The van der Waals surface area contributed by atoms with Gasteiger partial charge in [-0.05, 0) is 30.3 Å². The molecule has 0 atom stereocenters. The Balaban J connectivity index is 2.52. The summed E-state index contributed by atoms with van der Waals surface area (Å²) in [7, 11) is 0.159. The minimum absolute atomic E-state index is 0.116. The average Bonchev–Trinajstić information content (AvgIpc) is 2.60. The number of amides is 1. The van der Waals surface area contributed by atoms with E-state index in [-0.39, 0.29) is 27.6 Å². The molecule has 26 heavy (non-hydrogen) atoms. The zero-order valence-corrected chi connectivity index (χ0v) is 16.7. The summed E-state index contributed by atoms with van der Waals surface area (Å²) in [4.78, 5) is 25.3. The molecule has 0 bridgehead atoms. The number of anilines is 1. The second-order valence-electron chi connectivity index (χ2n) is 5.48. The second kappa shape index (κ2) is 7.88. The largest absolute Gasteiger partial charge is 0.465 e. The molecule has 7 nitrogen and oxygen atoms in total. The summed E-state index contributed by atoms with van der Waals surface area (Å²) in [5.74, 6) is -1.14. The van der Waals surface area contributed by atoms with Gasteiger partial charge >= 0.3 is 5.97 Å². The zero-order chi connectivity index (χ0) is 19.5. The van der Waals surface area contributed by atoms with Crippen molar-refractivity contribution in [3.05, 3.63) is 58.1 Å². The molecule has 2 aromatic rings. The van der Waals surface area contributed by atoms with Crippen LogP contribution in [0.3, 0.4) is 0 Å². The van der Waals surface area contributed by atoms with Crippen LogP contribution in [0, 0.1) is 0 Å². The quantitative estimate of drug-likeness (QED) is 0.721. The van der Waals surface area contributed by atoms with Gasteiger partial charge in [0.25, 0.3) is 15.9 Å². The van der Waals surface area contributed by atoms with E-state index < -0.39 is 16.0 Å². The maximum absolute atomic E-state index is 12.8. The molecule has 2 aromatic carbocycles. The number of nitrogens with one attached hydrogen (secondary N) is 1. The number of para-hydroxylation sites is 1. The lowest BCUT2D eigenvalue weighted by Crippen LogP contribution is -2.24. The van der Waals surface area contributed by atoms with Gasteiger partial charge < -0.3 is 9.64 Å². The molecule has 138 valence electrons. The number of benzene rings is 2. The van der Waals surface area contributed by atoms with Crippen molar-refractivity contribution < 1.29 is 22.7 Å². The van der Waals surface area contributed by atoms with Crippen molar-refractivity contribution in [3.63, 3.8) is 0 Å². The predicted octanol–water partition coefficient (Wildman–Crippen LogP) is 2.74. The Morgan fingerprint density at radius 1 is 1.08 bits per heavy atom. The number of sulfonamides is 1. The van der Waals surface area contributed by atoms with Crippen molar-refractivity contribution in [2.24, 2.45) is 0 Å². The lowest BCUT2D eigenvalue weighted by atomic mass is 10.1. The average molecular weight is 441 g/mol. The van der Waals surface area contributed by atoms with Crippen LogP contribution in [0.4, 0.5) is 5.69 Å². The molecule has 0 aliphatic rings. The minimum Gasteiger partial charge on any atom is -0.465 e. The van der Waals surface area contributed by atoms with E-state index in [0.717, 1.165) is 7.11 Å². The minimum atomic E-state index is -4.14. The van der Waals surface area contributed by atoms with E-state index in [2.05, 4.69) is 25.4 Å². The van der Waals surface area contributed by atoms with Crippen LogP contribution in [0.25, 0.3) is 0 Å². The first-order chi connectivity index (χ1) is 12.2. The molecule has 0 radical (unpaired) electrons. The van der Waals surface area contributed by atoms with Crippen LogP contribution in [0.2, 0.25) is 0 Å². The number of esters is 1. The monoisotopic (exact) mass is 440 g/mol. The van der Waals surface area contributed by atoms with E-state index in [0.29, 0.717) is 4.47 Å². The van der Waals surface area contributed by atoms with Gasteiger partial charge in [-0.15, -0.1) is 0 Å². The number of nitrogens with zero attached hydrogens (tertiary/aromatic N) is 1. The molecule has 0 fully saturated rings. The highest BCUT2D eigenvalue weighted by Crippen LogP contribution is 2.26. The van der Waals surface area contributed by atoms with Crippen LogP contribution in [0.1, 0.15) is 20.7 Å². The lowest BCUT2D eigenvalue weighted by molar-refractivity contribution is 0.0596. The van der Waals surface area contributed by atoms with Gasteiger partial charge in [-0.2, -0.15) is 0 Å². The van der Waals surface area contributed by atoms with Crippen molar-refractivity contribution in [1.82, 2.24) is 4.90 Å². The van der Waals surface area contributed by atoms with Crippen LogP contribution in [0.15, 0.2) is 51.8 Å². The third-order valence-electron chi connectivity index (χ3n) is 3.44. The SMILES string of the molecule is COC(=O)c1cc(Br)ccc1S(=O)(=O)Nc1ccccc1C(=O)N(C)C. The number of halogens is 1. The molecule has 0 saturated heterocycles. The molecule has 9 heteroatoms. The second-order valence-corrected chi connectivity index (χ2v) is 8.05. The summed E-state index contributed by atoms with van der Waals surface area (Å²) in [5.41, 5.74) is 0.188. The Hall–Kier alpha value is -2.39. The van der Waals surface area contributed by atoms with Gasteiger partial charge in [-0.1, -0.05) is 28.1 Å². The molecule has 0 aliphatic carbocycles. The molecule has 0 aliphatic heterocycles. The first-order valence-corrected chi connectivity index (χ1v) is 9.66. The fourth-order valence-electron chi connectivity index (χ4n) is 2.21. The fourth-order valence-corrected chi connectivity index (χ4v) is 3.82. The van der Waals surface area contributed by atoms with Crippen molar-refractivity contribution in [2.45, 2.75) is 4.90 Å². The molecule has 2 rings (SSSR count). The Labute approximate surface area is 160 Å². The van der Waals surface area contributed by atoms with Gasteiger partial charge in [-0.3, -0.25) is 9.52 Å². The van der Waals surface area contributed by atoms with E-state index in [4.69, 9.17) is 0 Å². The van der Waals surface area contributed by atoms with Gasteiger partial charge in [-0.25, -0.2) is 13.2 Å². The molecule has 1 N–H and O–H groups in total. The van der Waals surface area contributed by atoms with Crippen LogP contribution in [0.5, 0.6) is 0 Å². The van der Waals surface area contributed by atoms with Crippen LogP contribution in [-0.2, 0) is 14.8 Å². The highest BCUT2D eigenvalue weighted by atomic mass is 79.9. The first kappa shape index (κ1) is 19.9. The predicted molar refractivity (Wildman–Crippen MR) is 101 cm³/mol. The molecule has 0 saturated carbocycles. The Morgan fingerprint density at radius 2 is 1.73 bits per heavy atom. The maximum atomic E-state index is 12.8. The number of methoxy groups -OCH3 is 1. The van der Waals surface area contributed by atoms with Crippen molar-refractivity contribution >= 4 is 43.5 Å². The number of carbonyl (C=O) groups is 2. The smallest absolute Gasteiger partial charge is 0.339 e. The highest BCUT2D eigenvalue weighted by Gasteiger charge is 2.25. The number of carbonyl (C=O) groups excluding carboxylic acids is 2. The Kier molecular flexibility index (Phi) is 6.04. The summed E-state index contributed by atoms with van der Waals surface area (Å²) in [6.45, 7) is 0. The van der Waals surface area contributed by atoms with Gasteiger partial charge in [0.1, 0.15) is 4.90 Å². The van der Waals surface area contributed by atoms with Crippen molar-refractivity contribution in [3.8, 4) is 0 Å². The Bertz CT molecular complexity index is 957. The van der Waals surface area contributed by atoms with E-state index in [9.17, 15) is 18.0 Å². The topological polar surface area (TPSA) is 92.8 Å². The summed E-state index contributed by atoms with van der Waals surface area (Å²) >= 11 is 3.20. The number of rotatable bonds is 5. The first-order valence-electron chi connectivity index (χ1n) is 7.38. The zero-order valence-electron chi connectivity index (χ0n) is 14.3. The maximum Gasteiger partial charge on any atom is 0.339 e. The van der Waals surface area contributed by atoms with Gasteiger partial charge in [0.2, 0.25) is 0 Å². The van der Waals surface area contributed by atoms with Gasteiger partial charge in [0, 0.05) is 18.6 Å². The molecular weight excluding hydrogens is 424 g/mol. The van der Waals surface area contributed by atoms with Crippen LogP contribution < -0.4 is 4.72 Å². The normalized spacial score (nSPS) is 10.9.